The number of hydrogen-bond donors (Lipinski definition) is 2. The smallest absolute Gasteiger partial charge is 0.284 e. The van der Waals surface area contributed by atoms with Crippen molar-refractivity contribution in [1.29, 1.82) is 0 Å². The SMILES string of the molecule is CCCCC(CC)C(=O)Nc1cc(-c2ccc(C(N)=O)o2)ccc1C. The summed E-state index contributed by atoms with van der Waals surface area (Å²) in [6.45, 7) is 6.11. The Morgan fingerprint density at radius 2 is 1.96 bits per heavy atom. The molecule has 0 saturated carbocycles. The lowest BCUT2D eigenvalue weighted by Gasteiger charge is -2.16. The van der Waals surface area contributed by atoms with E-state index in [2.05, 4.69) is 12.2 Å². The van der Waals surface area contributed by atoms with E-state index in [4.69, 9.17) is 10.2 Å². The normalized spacial score (nSPS) is 12.0. The highest BCUT2D eigenvalue weighted by atomic mass is 16.3. The highest BCUT2D eigenvalue weighted by Crippen LogP contribution is 2.28. The molecule has 2 rings (SSSR count). The Kier molecular flexibility index (Phi) is 6.39. The monoisotopic (exact) mass is 342 g/mol. The zero-order valence-corrected chi connectivity index (χ0v) is 15.1. The van der Waals surface area contributed by atoms with Crippen LogP contribution in [0.4, 0.5) is 5.69 Å². The van der Waals surface area contributed by atoms with Gasteiger partial charge < -0.3 is 15.5 Å². The maximum absolute atomic E-state index is 12.5. The minimum Gasteiger partial charge on any atom is -0.451 e. The molecule has 25 heavy (non-hydrogen) atoms. The molecule has 5 heteroatoms. The third-order valence-corrected chi connectivity index (χ3v) is 4.40. The molecule has 1 atom stereocenters. The summed E-state index contributed by atoms with van der Waals surface area (Å²) in [6, 6.07) is 8.93. The van der Waals surface area contributed by atoms with Crippen LogP contribution in [0.5, 0.6) is 0 Å². The van der Waals surface area contributed by atoms with Gasteiger partial charge >= 0.3 is 0 Å². The van der Waals surface area contributed by atoms with Gasteiger partial charge in [0, 0.05) is 17.2 Å². The van der Waals surface area contributed by atoms with Gasteiger partial charge in [-0.1, -0.05) is 38.8 Å². The standard InChI is InChI=1S/C20H26N2O3/c1-4-6-7-14(5-2)20(24)22-16-12-15(9-8-13(16)3)17-10-11-18(25-17)19(21)23/h8-12,14H,4-7H2,1-3H3,(H2,21,23)(H,22,24). The van der Waals surface area contributed by atoms with E-state index in [-0.39, 0.29) is 17.6 Å². The lowest BCUT2D eigenvalue weighted by atomic mass is 9.98. The summed E-state index contributed by atoms with van der Waals surface area (Å²) in [7, 11) is 0. The van der Waals surface area contributed by atoms with Crippen LogP contribution < -0.4 is 11.1 Å². The van der Waals surface area contributed by atoms with E-state index in [0.717, 1.165) is 42.5 Å². The second kappa shape index (κ2) is 8.51. The van der Waals surface area contributed by atoms with Crippen LogP contribution in [-0.4, -0.2) is 11.8 Å². The lowest BCUT2D eigenvalue weighted by Crippen LogP contribution is -2.22. The highest BCUT2D eigenvalue weighted by Gasteiger charge is 2.17. The van der Waals surface area contributed by atoms with Crippen molar-refractivity contribution in [1.82, 2.24) is 0 Å². The second-order valence-corrected chi connectivity index (χ2v) is 6.29. The van der Waals surface area contributed by atoms with Crippen LogP contribution in [0.15, 0.2) is 34.7 Å². The molecule has 1 aromatic heterocycles. The van der Waals surface area contributed by atoms with Crippen molar-refractivity contribution in [3.8, 4) is 11.3 Å². The van der Waals surface area contributed by atoms with Crippen molar-refractivity contribution in [2.24, 2.45) is 11.7 Å². The Morgan fingerprint density at radius 3 is 2.56 bits per heavy atom. The molecule has 2 aromatic rings. The molecular weight excluding hydrogens is 316 g/mol. The van der Waals surface area contributed by atoms with Gasteiger partial charge in [0.15, 0.2) is 5.76 Å². The fourth-order valence-corrected chi connectivity index (χ4v) is 2.74. The molecule has 1 unspecified atom stereocenters. The molecule has 134 valence electrons. The first-order valence-corrected chi connectivity index (χ1v) is 8.77. The van der Waals surface area contributed by atoms with Gasteiger partial charge in [0.1, 0.15) is 5.76 Å². The van der Waals surface area contributed by atoms with Crippen LogP contribution in [0.3, 0.4) is 0 Å². The predicted octanol–water partition coefficient (Wildman–Crippen LogP) is 4.51. The average molecular weight is 342 g/mol. The summed E-state index contributed by atoms with van der Waals surface area (Å²) in [4.78, 5) is 23.7. The highest BCUT2D eigenvalue weighted by molar-refractivity contribution is 5.94. The Bertz CT molecular complexity index is 749. The fourth-order valence-electron chi connectivity index (χ4n) is 2.74. The van der Waals surface area contributed by atoms with Crippen molar-refractivity contribution in [3.05, 3.63) is 41.7 Å². The van der Waals surface area contributed by atoms with Crippen molar-refractivity contribution < 1.29 is 14.0 Å². The van der Waals surface area contributed by atoms with Gasteiger partial charge in [0.25, 0.3) is 5.91 Å². The molecule has 2 amide bonds. The molecule has 0 aliphatic carbocycles. The number of anilines is 1. The fraction of sp³-hybridized carbons (Fsp3) is 0.400. The molecule has 0 aliphatic heterocycles. The molecular formula is C20H26N2O3. The number of aryl methyl sites for hydroxylation is 1. The lowest BCUT2D eigenvalue weighted by molar-refractivity contribution is -0.120. The molecule has 0 saturated heterocycles. The van der Waals surface area contributed by atoms with Crippen molar-refractivity contribution in [2.75, 3.05) is 5.32 Å². The van der Waals surface area contributed by atoms with Gasteiger partial charge in [0.05, 0.1) is 0 Å². The number of nitrogens with two attached hydrogens (primary N) is 1. The molecule has 5 nitrogen and oxygen atoms in total. The third-order valence-electron chi connectivity index (χ3n) is 4.40. The van der Waals surface area contributed by atoms with Crippen LogP contribution in [0.1, 0.15) is 55.6 Å². The molecule has 1 aromatic carbocycles. The van der Waals surface area contributed by atoms with Gasteiger partial charge in [0.2, 0.25) is 5.91 Å². The summed E-state index contributed by atoms with van der Waals surface area (Å²) in [6.07, 6.45) is 3.86. The molecule has 1 heterocycles. The Labute approximate surface area is 148 Å². The minimum atomic E-state index is -0.603. The average Bonchev–Trinajstić information content (AvgIpc) is 3.08. The van der Waals surface area contributed by atoms with Crippen LogP contribution >= 0.6 is 0 Å². The largest absolute Gasteiger partial charge is 0.451 e. The van der Waals surface area contributed by atoms with Crippen molar-refractivity contribution in [2.45, 2.75) is 46.5 Å². The minimum absolute atomic E-state index is 0.0214. The van der Waals surface area contributed by atoms with Crippen LogP contribution in [0.25, 0.3) is 11.3 Å². The molecule has 3 N–H and O–H groups in total. The number of furan rings is 1. The van der Waals surface area contributed by atoms with Gasteiger partial charge in [-0.2, -0.15) is 0 Å². The number of rotatable bonds is 8. The first kappa shape index (κ1) is 18.8. The number of unbranched alkanes of at least 4 members (excludes halogenated alkanes) is 1. The Balaban J connectivity index is 2.20. The Hall–Kier alpha value is -2.56. The summed E-state index contributed by atoms with van der Waals surface area (Å²) in [5, 5.41) is 3.04. The van der Waals surface area contributed by atoms with E-state index >= 15 is 0 Å². The van der Waals surface area contributed by atoms with Crippen molar-refractivity contribution >= 4 is 17.5 Å². The number of carbonyl (C=O) groups excluding carboxylic acids is 2. The van der Waals surface area contributed by atoms with Crippen LogP contribution in [0.2, 0.25) is 0 Å². The van der Waals surface area contributed by atoms with E-state index in [1.54, 1.807) is 12.1 Å². The van der Waals surface area contributed by atoms with Gasteiger partial charge in [-0.15, -0.1) is 0 Å². The number of amides is 2. The van der Waals surface area contributed by atoms with Crippen LogP contribution in [0, 0.1) is 12.8 Å². The maximum Gasteiger partial charge on any atom is 0.284 e. The summed E-state index contributed by atoms with van der Waals surface area (Å²) in [5.41, 5.74) is 7.75. The number of nitrogens with one attached hydrogen (secondary N) is 1. The van der Waals surface area contributed by atoms with Crippen molar-refractivity contribution in [3.63, 3.8) is 0 Å². The van der Waals surface area contributed by atoms with Crippen LogP contribution in [-0.2, 0) is 4.79 Å². The zero-order chi connectivity index (χ0) is 18.4. The maximum atomic E-state index is 12.5. The number of carbonyl (C=O) groups is 2. The number of benzene rings is 1. The second-order valence-electron chi connectivity index (χ2n) is 6.29. The molecule has 0 spiro atoms. The van der Waals surface area contributed by atoms with E-state index in [1.807, 2.05) is 32.0 Å². The van der Waals surface area contributed by atoms with E-state index < -0.39 is 5.91 Å². The molecule has 0 bridgehead atoms. The van der Waals surface area contributed by atoms with E-state index in [0.29, 0.717) is 5.76 Å². The van der Waals surface area contributed by atoms with E-state index in [9.17, 15) is 9.59 Å². The predicted molar refractivity (Wildman–Crippen MR) is 99.3 cm³/mol. The third kappa shape index (κ3) is 4.72. The van der Waals surface area contributed by atoms with Gasteiger partial charge in [-0.05, 0) is 43.5 Å². The quantitative estimate of drug-likeness (QED) is 0.740. The summed E-state index contributed by atoms with van der Waals surface area (Å²) < 4.78 is 5.47. The van der Waals surface area contributed by atoms with Gasteiger partial charge in [-0.25, -0.2) is 0 Å². The molecule has 0 radical (unpaired) electrons. The first-order chi connectivity index (χ1) is 12.0. The molecule has 0 aliphatic rings. The zero-order valence-electron chi connectivity index (χ0n) is 15.1. The van der Waals surface area contributed by atoms with E-state index in [1.165, 1.54) is 0 Å². The molecule has 0 fully saturated rings. The number of hydrogen-bond acceptors (Lipinski definition) is 3. The summed E-state index contributed by atoms with van der Waals surface area (Å²) >= 11 is 0. The number of primary amides is 1. The first-order valence-electron chi connectivity index (χ1n) is 8.77. The summed E-state index contributed by atoms with van der Waals surface area (Å²) in [5.74, 6) is 0.129. The Morgan fingerprint density at radius 1 is 1.20 bits per heavy atom. The van der Waals surface area contributed by atoms with Gasteiger partial charge in [-0.3, -0.25) is 9.59 Å². The topological polar surface area (TPSA) is 85.3 Å².